The standard InChI is InChI=1S/C20H23N3O3S/c1-23(2)16-6-5-14-7-13(3-4-15(14)9-16)8-18(11-21)27-22-19-10-17(24)12-26-20(19)25/h3-9,17,19-20,22,24-25H,10,12H2,1-2H3/b18-8+. The van der Waals surface area contributed by atoms with E-state index in [2.05, 4.69) is 33.9 Å². The van der Waals surface area contributed by atoms with Gasteiger partial charge in [0.2, 0.25) is 0 Å². The number of rotatable bonds is 5. The fourth-order valence-electron chi connectivity index (χ4n) is 2.90. The van der Waals surface area contributed by atoms with Gasteiger partial charge in [-0.15, -0.1) is 0 Å². The molecule has 7 heteroatoms. The van der Waals surface area contributed by atoms with Crippen molar-refractivity contribution in [1.82, 2.24) is 4.72 Å². The third kappa shape index (κ3) is 5.01. The van der Waals surface area contributed by atoms with Crippen LogP contribution in [0.1, 0.15) is 12.0 Å². The molecule has 2 aromatic rings. The molecule has 142 valence electrons. The summed E-state index contributed by atoms with van der Waals surface area (Å²) in [6.45, 7) is 0.123. The first-order valence-electron chi connectivity index (χ1n) is 8.69. The van der Waals surface area contributed by atoms with E-state index in [9.17, 15) is 15.5 Å². The van der Waals surface area contributed by atoms with Crippen LogP contribution in [0.2, 0.25) is 0 Å². The van der Waals surface area contributed by atoms with E-state index in [1.165, 1.54) is 0 Å². The second kappa shape index (κ2) is 8.74. The molecule has 0 aromatic heterocycles. The van der Waals surface area contributed by atoms with Crippen molar-refractivity contribution in [3.8, 4) is 6.07 Å². The second-order valence-corrected chi connectivity index (χ2v) is 7.63. The quantitative estimate of drug-likeness (QED) is 0.538. The van der Waals surface area contributed by atoms with E-state index in [0.29, 0.717) is 11.3 Å². The Bertz CT molecular complexity index is 878. The van der Waals surface area contributed by atoms with E-state index < -0.39 is 18.4 Å². The summed E-state index contributed by atoms with van der Waals surface area (Å²) in [5.41, 5.74) is 2.06. The van der Waals surface area contributed by atoms with Gasteiger partial charge in [0, 0.05) is 19.8 Å². The number of benzene rings is 2. The molecule has 1 aliphatic rings. The number of nitrogens with one attached hydrogen (secondary N) is 1. The SMILES string of the molecule is CN(C)c1ccc2cc(/C=C(\C#N)SNC3CC(O)COC3O)ccc2c1. The molecular weight excluding hydrogens is 362 g/mol. The molecule has 0 bridgehead atoms. The van der Waals surface area contributed by atoms with Crippen molar-refractivity contribution in [2.75, 3.05) is 25.6 Å². The Hall–Kier alpha value is -2.08. The highest BCUT2D eigenvalue weighted by atomic mass is 32.2. The maximum atomic E-state index is 9.83. The molecule has 0 saturated carbocycles. The summed E-state index contributed by atoms with van der Waals surface area (Å²) in [6, 6.07) is 14.0. The highest BCUT2D eigenvalue weighted by Gasteiger charge is 2.29. The zero-order chi connectivity index (χ0) is 19.4. The molecule has 0 spiro atoms. The Labute approximate surface area is 163 Å². The van der Waals surface area contributed by atoms with Gasteiger partial charge in [-0.25, -0.2) is 0 Å². The normalized spacial score (nSPS) is 23.2. The van der Waals surface area contributed by atoms with Gasteiger partial charge in [-0.1, -0.05) is 18.2 Å². The Balaban J connectivity index is 1.73. The molecule has 27 heavy (non-hydrogen) atoms. The third-order valence-electron chi connectivity index (χ3n) is 4.42. The fourth-order valence-corrected chi connectivity index (χ4v) is 3.64. The maximum absolute atomic E-state index is 9.83. The molecule has 0 amide bonds. The molecule has 0 aliphatic carbocycles. The molecule has 0 radical (unpaired) electrons. The van der Waals surface area contributed by atoms with Gasteiger partial charge in [0.05, 0.1) is 18.8 Å². The van der Waals surface area contributed by atoms with Crippen LogP contribution >= 0.6 is 11.9 Å². The summed E-state index contributed by atoms with van der Waals surface area (Å²) in [6.07, 6.45) is 0.557. The van der Waals surface area contributed by atoms with Gasteiger partial charge in [0.1, 0.15) is 11.0 Å². The molecule has 1 heterocycles. The molecule has 3 rings (SSSR count). The van der Waals surface area contributed by atoms with Crippen molar-refractivity contribution in [3.63, 3.8) is 0 Å². The first kappa shape index (κ1) is 19.7. The molecule has 1 aliphatic heterocycles. The average molecular weight is 385 g/mol. The number of hydrogen-bond donors (Lipinski definition) is 3. The van der Waals surface area contributed by atoms with Crippen LogP contribution in [-0.2, 0) is 4.74 Å². The molecule has 1 fully saturated rings. The second-order valence-electron chi connectivity index (χ2n) is 6.75. The van der Waals surface area contributed by atoms with Crippen LogP contribution in [0.4, 0.5) is 5.69 Å². The van der Waals surface area contributed by atoms with Crippen molar-refractivity contribution >= 4 is 34.5 Å². The predicted octanol–water partition coefficient (Wildman–Crippen LogP) is 2.48. The number of anilines is 1. The number of fused-ring (bicyclic) bond motifs is 1. The number of allylic oxidation sites excluding steroid dienone is 1. The summed E-state index contributed by atoms with van der Waals surface area (Å²) < 4.78 is 8.10. The Morgan fingerprint density at radius 2 is 2.00 bits per heavy atom. The first-order valence-corrected chi connectivity index (χ1v) is 9.51. The lowest BCUT2D eigenvalue weighted by Crippen LogP contribution is -2.46. The first-order chi connectivity index (χ1) is 13.0. The smallest absolute Gasteiger partial charge is 0.171 e. The number of hydrogen-bond acceptors (Lipinski definition) is 7. The van der Waals surface area contributed by atoms with E-state index in [1.54, 1.807) is 6.08 Å². The summed E-state index contributed by atoms with van der Waals surface area (Å²) in [7, 11) is 4.02. The fraction of sp³-hybridized carbons (Fsp3) is 0.350. The third-order valence-corrected chi connectivity index (χ3v) is 5.27. The molecule has 6 nitrogen and oxygen atoms in total. The molecule has 3 atom stereocenters. The van der Waals surface area contributed by atoms with Gasteiger partial charge < -0.3 is 19.8 Å². The highest BCUT2D eigenvalue weighted by Crippen LogP contribution is 2.25. The van der Waals surface area contributed by atoms with Crippen molar-refractivity contribution in [2.24, 2.45) is 0 Å². The van der Waals surface area contributed by atoms with Gasteiger partial charge in [-0.2, -0.15) is 5.26 Å². The maximum Gasteiger partial charge on any atom is 0.171 e. The molecule has 3 unspecified atom stereocenters. The average Bonchev–Trinajstić information content (AvgIpc) is 2.66. The highest BCUT2D eigenvalue weighted by molar-refractivity contribution is 8.01. The van der Waals surface area contributed by atoms with Crippen molar-refractivity contribution in [2.45, 2.75) is 24.9 Å². The number of nitrogens with zero attached hydrogens (tertiary/aromatic N) is 2. The topological polar surface area (TPSA) is 88.8 Å². The van der Waals surface area contributed by atoms with Gasteiger partial charge in [0.25, 0.3) is 0 Å². The number of ether oxygens (including phenoxy) is 1. The van der Waals surface area contributed by atoms with Crippen LogP contribution < -0.4 is 9.62 Å². The number of aliphatic hydroxyl groups is 2. The lowest BCUT2D eigenvalue weighted by molar-refractivity contribution is -0.168. The Morgan fingerprint density at radius 3 is 2.74 bits per heavy atom. The van der Waals surface area contributed by atoms with Crippen LogP contribution in [-0.4, -0.2) is 49.4 Å². The zero-order valence-corrected chi connectivity index (χ0v) is 16.1. The minimum atomic E-state index is -0.993. The van der Waals surface area contributed by atoms with Crippen molar-refractivity contribution in [3.05, 3.63) is 46.9 Å². The summed E-state index contributed by atoms with van der Waals surface area (Å²) in [5, 5.41) is 31.1. The van der Waals surface area contributed by atoms with E-state index in [4.69, 9.17) is 4.74 Å². The molecule has 1 saturated heterocycles. The number of aliphatic hydroxyl groups excluding tert-OH is 2. The van der Waals surface area contributed by atoms with Crippen LogP contribution in [0.15, 0.2) is 41.3 Å². The van der Waals surface area contributed by atoms with Crippen LogP contribution in [0.3, 0.4) is 0 Å². The summed E-state index contributed by atoms with van der Waals surface area (Å²) in [5.74, 6) is 0. The van der Waals surface area contributed by atoms with Crippen LogP contribution in [0, 0.1) is 11.3 Å². The largest absolute Gasteiger partial charge is 0.391 e. The van der Waals surface area contributed by atoms with Crippen LogP contribution in [0.25, 0.3) is 16.8 Å². The van der Waals surface area contributed by atoms with E-state index >= 15 is 0 Å². The Kier molecular flexibility index (Phi) is 6.37. The van der Waals surface area contributed by atoms with Crippen molar-refractivity contribution in [1.29, 1.82) is 5.26 Å². The van der Waals surface area contributed by atoms with Gasteiger partial charge in [-0.05, 0) is 59.0 Å². The number of nitriles is 1. The van der Waals surface area contributed by atoms with Gasteiger partial charge in [-0.3, -0.25) is 4.72 Å². The van der Waals surface area contributed by atoms with Gasteiger partial charge >= 0.3 is 0 Å². The van der Waals surface area contributed by atoms with Gasteiger partial charge in [0.15, 0.2) is 6.29 Å². The minimum absolute atomic E-state index is 0.123. The van der Waals surface area contributed by atoms with E-state index in [0.717, 1.165) is 34.0 Å². The molecule has 2 aromatic carbocycles. The Morgan fingerprint density at radius 1 is 1.26 bits per heavy atom. The monoisotopic (exact) mass is 385 g/mol. The van der Waals surface area contributed by atoms with E-state index in [-0.39, 0.29) is 6.61 Å². The lowest BCUT2D eigenvalue weighted by Gasteiger charge is -2.30. The summed E-state index contributed by atoms with van der Waals surface area (Å²) in [4.78, 5) is 2.52. The molecular formula is C20H23N3O3S. The zero-order valence-electron chi connectivity index (χ0n) is 15.3. The van der Waals surface area contributed by atoms with Crippen LogP contribution in [0.5, 0.6) is 0 Å². The molecule has 3 N–H and O–H groups in total. The minimum Gasteiger partial charge on any atom is -0.391 e. The summed E-state index contributed by atoms with van der Waals surface area (Å²) >= 11 is 1.13. The predicted molar refractivity (Wildman–Crippen MR) is 109 cm³/mol. The lowest BCUT2D eigenvalue weighted by atomic mass is 10.1. The van der Waals surface area contributed by atoms with E-state index in [1.807, 2.05) is 32.3 Å². The van der Waals surface area contributed by atoms with Crippen molar-refractivity contribution < 1.29 is 14.9 Å².